The van der Waals surface area contributed by atoms with Crippen molar-refractivity contribution in [2.24, 2.45) is 11.8 Å². The van der Waals surface area contributed by atoms with Crippen LogP contribution < -0.4 is 9.04 Å². The Balaban J connectivity index is 1.66. The number of methoxy groups -OCH3 is 1. The van der Waals surface area contributed by atoms with Gasteiger partial charge in [0, 0.05) is 44.0 Å². The Kier molecular flexibility index (Phi) is 6.71. The SMILES string of the molecule is COc1cccc(N(CC(C)C)S(=O)(=O)c2ccc3nn(CC4CCOCC4)cc3c2)c1. The van der Waals surface area contributed by atoms with E-state index in [-0.39, 0.29) is 10.8 Å². The first kappa shape index (κ1) is 22.6. The Morgan fingerprint density at radius 3 is 2.69 bits per heavy atom. The number of rotatable bonds is 8. The van der Waals surface area contributed by atoms with Crippen molar-refractivity contribution in [3.8, 4) is 5.75 Å². The third-order valence-electron chi connectivity index (χ3n) is 5.77. The highest BCUT2D eigenvalue weighted by atomic mass is 32.2. The Bertz CT molecular complexity index is 1170. The summed E-state index contributed by atoms with van der Waals surface area (Å²) in [5.74, 6) is 1.31. The van der Waals surface area contributed by atoms with Crippen molar-refractivity contribution in [1.29, 1.82) is 0 Å². The van der Waals surface area contributed by atoms with Crippen LogP contribution in [0.1, 0.15) is 26.7 Å². The zero-order chi connectivity index (χ0) is 22.7. The zero-order valence-corrected chi connectivity index (χ0v) is 19.7. The molecule has 1 saturated heterocycles. The van der Waals surface area contributed by atoms with Crippen molar-refractivity contribution in [1.82, 2.24) is 9.78 Å². The largest absolute Gasteiger partial charge is 0.497 e. The maximum atomic E-state index is 13.7. The van der Waals surface area contributed by atoms with Gasteiger partial charge in [0.2, 0.25) is 0 Å². The van der Waals surface area contributed by atoms with Crippen molar-refractivity contribution in [2.75, 3.05) is 31.2 Å². The number of hydrogen-bond donors (Lipinski definition) is 0. The van der Waals surface area contributed by atoms with Crippen LogP contribution in [0.3, 0.4) is 0 Å². The smallest absolute Gasteiger partial charge is 0.264 e. The molecule has 0 N–H and O–H groups in total. The molecule has 1 aliphatic rings. The molecule has 0 spiro atoms. The van der Waals surface area contributed by atoms with Gasteiger partial charge in [0.05, 0.1) is 23.2 Å². The first-order valence-electron chi connectivity index (χ1n) is 11.1. The molecule has 0 aliphatic carbocycles. The fourth-order valence-corrected chi connectivity index (χ4v) is 5.73. The molecule has 0 saturated carbocycles. The molecule has 2 aromatic carbocycles. The number of anilines is 1. The van der Waals surface area contributed by atoms with Crippen LogP contribution in [0.25, 0.3) is 10.9 Å². The van der Waals surface area contributed by atoms with Crippen molar-refractivity contribution >= 4 is 26.6 Å². The van der Waals surface area contributed by atoms with Crippen molar-refractivity contribution in [3.63, 3.8) is 0 Å². The van der Waals surface area contributed by atoms with Crippen molar-refractivity contribution in [2.45, 2.75) is 38.1 Å². The highest BCUT2D eigenvalue weighted by Gasteiger charge is 2.27. The number of ether oxygens (including phenoxy) is 2. The molecule has 0 amide bonds. The Morgan fingerprint density at radius 2 is 1.97 bits per heavy atom. The molecule has 3 aromatic rings. The number of sulfonamides is 1. The van der Waals surface area contributed by atoms with Crippen LogP contribution in [0.2, 0.25) is 0 Å². The minimum absolute atomic E-state index is 0.155. The molecule has 0 unspecified atom stereocenters. The number of benzene rings is 2. The minimum atomic E-state index is -3.76. The predicted molar refractivity (Wildman–Crippen MR) is 126 cm³/mol. The van der Waals surface area contributed by atoms with Crippen LogP contribution in [0.5, 0.6) is 5.75 Å². The second-order valence-electron chi connectivity index (χ2n) is 8.76. The molecule has 1 aliphatic heterocycles. The number of aromatic nitrogens is 2. The summed E-state index contributed by atoms with van der Waals surface area (Å²) in [5, 5.41) is 5.48. The number of fused-ring (bicyclic) bond motifs is 1. The van der Waals surface area contributed by atoms with Crippen molar-refractivity contribution in [3.05, 3.63) is 48.7 Å². The third kappa shape index (κ3) is 4.91. The van der Waals surface area contributed by atoms with Gasteiger partial charge >= 0.3 is 0 Å². The second-order valence-corrected chi connectivity index (χ2v) is 10.6. The van der Waals surface area contributed by atoms with E-state index in [0.717, 1.165) is 43.5 Å². The van der Waals surface area contributed by atoms with Crippen LogP contribution in [0.15, 0.2) is 53.6 Å². The minimum Gasteiger partial charge on any atom is -0.497 e. The van der Waals surface area contributed by atoms with E-state index in [0.29, 0.717) is 23.9 Å². The highest BCUT2D eigenvalue weighted by Crippen LogP contribution is 2.29. The van der Waals surface area contributed by atoms with Gasteiger partial charge in [0.15, 0.2) is 0 Å². The Labute approximate surface area is 190 Å². The molecular formula is C24H31N3O4S. The fourth-order valence-electron chi connectivity index (χ4n) is 4.07. The average Bonchev–Trinajstić information content (AvgIpc) is 3.19. The molecule has 32 heavy (non-hydrogen) atoms. The lowest BCUT2D eigenvalue weighted by Gasteiger charge is -2.26. The molecule has 1 aromatic heterocycles. The summed E-state index contributed by atoms with van der Waals surface area (Å²) < 4.78 is 41.5. The van der Waals surface area contributed by atoms with E-state index in [1.807, 2.05) is 30.8 Å². The molecule has 0 bridgehead atoms. The molecule has 0 atom stereocenters. The summed E-state index contributed by atoms with van der Waals surface area (Å²) in [6.45, 7) is 6.80. The lowest BCUT2D eigenvalue weighted by Crippen LogP contribution is -2.34. The maximum Gasteiger partial charge on any atom is 0.264 e. The number of hydrogen-bond acceptors (Lipinski definition) is 5. The van der Waals surface area contributed by atoms with Gasteiger partial charge in [-0.3, -0.25) is 8.99 Å². The normalized spacial score (nSPS) is 15.4. The monoisotopic (exact) mass is 457 g/mol. The summed E-state index contributed by atoms with van der Waals surface area (Å²) in [5.41, 5.74) is 1.39. The summed E-state index contributed by atoms with van der Waals surface area (Å²) >= 11 is 0. The lowest BCUT2D eigenvalue weighted by molar-refractivity contribution is 0.0602. The Hall–Kier alpha value is -2.58. The van der Waals surface area contributed by atoms with Gasteiger partial charge in [-0.1, -0.05) is 19.9 Å². The average molecular weight is 458 g/mol. The fraction of sp³-hybridized carbons (Fsp3) is 0.458. The van der Waals surface area contributed by atoms with E-state index in [9.17, 15) is 8.42 Å². The molecular weight excluding hydrogens is 426 g/mol. The summed E-state index contributed by atoms with van der Waals surface area (Å²) in [7, 11) is -2.18. The van der Waals surface area contributed by atoms with Crippen LogP contribution >= 0.6 is 0 Å². The Morgan fingerprint density at radius 1 is 1.19 bits per heavy atom. The van der Waals surface area contributed by atoms with Crippen LogP contribution in [0, 0.1) is 11.8 Å². The van der Waals surface area contributed by atoms with Gasteiger partial charge < -0.3 is 9.47 Å². The molecule has 0 radical (unpaired) electrons. The third-order valence-corrected chi connectivity index (χ3v) is 7.56. The standard InChI is InChI=1S/C24H31N3O4S/c1-18(2)15-27(21-5-4-6-22(14-21)30-3)32(28,29)23-7-8-24-20(13-23)17-26(25-24)16-19-9-11-31-12-10-19/h4-8,13-14,17-19H,9-12,15-16H2,1-3H3. The van der Waals surface area contributed by atoms with Gasteiger partial charge in [-0.25, -0.2) is 8.42 Å². The summed E-state index contributed by atoms with van der Waals surface area (Å²) in [4.78, 5) is 0.263. The molecule has 1 fully saturated rings. The van der Waals surface area contributed by atoms with Gasteiger partial charge in [-0.2, -0.15) is 5.10 Å². The first-order valence-corrected chi connectivity index (χ1v) is 12.5. The molecule has 2 heterocycles. The van der Waals surface area contributed by atoms with Gasteiger partial charge in [0.25, 0.3) is 10.0 Å². The van der Waals surface area contributed by atoms with Crippen LogP contribution in [0.4, 0.5) is 5.69 Å². The van der Waals surface area contributed by atoms with E-state index in [2.05, 4.69) is 5.10 Å². The van der Waals surface area contributed by atoms with Crippen LogP contribution in [-0.4, -0.2) is 45.1 Å². The van der Waals surface area contributed by atoms with E-state index in [1.165, 1.54) is 4.31 Å². The van der Waals surface area contributed by atoms with Gasteiger partial charge in [-0.05, 0) is 55.0 Å². The molecule has 8 heteroatoms. The quantitative estimate of drug-likeness (QED) is 0.504. The number of nitrogens with zero attached hydrogens (tertiary/aromatic N) is 3. The second kappa shape index (κ2) is 9.50. The summed E-state index contributed by atoms with van der Waals surface area (Å²) in [6, 6.07) is 12.3. The maximum absolute atomic E-state index is 13.7. The molecule has 4 rings (SSSR count). The van der Waals surface area contributed by atoms with Gasteiger partial charge in [0.1, 0.15) is 5.75 Å². The van der Waals surface area contributed by atoms with E-state index < -0.39 is 10.0 Å². The molecule has 7 nitrogen and oxygen atoms in total. The first-order chi connectivity index (χ1) is 15.4. The lowest BCUT2D eigenvalue weighted by atomic mass is 10.0. The van der Waals surface area contributed by atoms with Crippen LogP contribution in [-0.2, 0) is 21.3 Å². The van der Waals surface area contributed by atoms with Gasteiger partial charge in [-0.15, -0.1) is 0 Å². The van der Waals surface area contributed by atoms with E-state index in [4.69, 9.17) is 9.47 Å². The predicted octanol–water partition coefficient (Wildman–Crippen LogP) is 4.32. The highest BCUT2D eigenvalue weighted by molar-refractivity contribution is 7.92. The molecule has 172 valence electrons. The van der Waals surface area contributed by atoms with E-state index >= 15 is 0 Å². The van der Waals surface area contributed by atoms with E-state index in [1.54, 1.807) is 43.5 Å². The summed E-state index contributed by atoms with van der Waals surface area (Å²) in [6.07, 6.45) is 4.00. The topological polar surface area (TPSA) is 73.7 Å². The van der Waals surface area contributed by atoms with Crippen molar-refractivity contribution < 1.29 is 17.9 Å². The zero-order valence-electron chi connectivity index (χ0n) is 18.9.